The number of hydrogen-bond donors (Lipinski definition) is 0. The number of carbonyl (C=O) groups excluding carboxylic acids is 1. The Morgan fingerprint density at radius 1 is 0.889 bits per heavy atom. The van der Waals surface area contributed by atoms with Gasteiger partial charge in [-0.05, 0) is 47.0 Å². The SMILES string of the molecule is COc1ccc(-c2ccc(C(=O)/C=C/c3ccc4c(c3)OCO4)cc2)cc1. The summed E-state index contributed by atoms with van der Waals surface area (Å²) in [6.07, 6.45) is 3.35. The van der Waals surface area contributed by atoms with Gasteiger partial charge in [-0.1, -0.05) is 48.5 Å². The fourth-order valence-corrected chi connectivity index (χ4v) is 2.90. The van der Waals surface area contributed by atoms with Crippen molar-refractivity contribution in [1.29, 1.82) is 0 Å². The fourth-order valence-electron chi connectivity index (χ4n) is 2.90. The molecule has 134 valence electrons. The number of allylic oxidation sites excluding steroid dienone is 1. The van der Waals surface area contributed by atoms with E-state index in [-0.39, 0.29) is 12.6 Å². The zero-order valence-corrected chi connectivity index (χ0v) is 14.8. The third kappa shape index (κ3) is 3.70. The number of fused-ring (bicyclic) bond motifs is 1. The maximum atomic E-state index is 12.4. The summed E-state index contributed by atoms with van der Waals surface area (Å²) in [7, 11) is 1.65. The van der Waals surface area contributed by atoms with Gasteiger partial charge in [0.15, 0.2) is 17.3 Å². The summed E-state index contributed by atoms with van der Waals surface area (Å²) in [6, 6.07) is 21.0. The lowest BCUT2D eigenvalue weighted by atomic mass is 10.0. The van der Waals surface area contributed by atoms with Crippen molar-refractivity contribution < 1.29 is 19.0 Å². The first-order valence-corrected chi connectivity index (χ1v) is 8.59. The minimum Gasteiger partial charge on any atom is -0.497 e. The highest BCUT2D eigenvalue weighted by molar-refractivity contribution is 6.07. The van der Waals surface area contributed by atoms with Crippen LogP contribution in [0.3, 0.4) is 0 Å². The van der Waals surface area contributed by atoms with Crippen molar-refractivity contribution in [1.82, 2.24) is 0 Å². The summed E-state index contributed by atoms with van der Waals surface area (Å²) in [5.41, 5.74) is 3.66. The molecular formula is C23H18O4. The van der Waals surface area contributed by atoms with E-state index in [0.29, 0.717) is 11.3 Å². The summed E-state index contributed by atoms with van der Waals surface area (Å²) in [6.45, 7) is 0.238. The summed E-state index contributed by atoms with van der Waals surface area (Å²) >= 11 is 0. The second kappa shape index (κ2) is 7.38. The van der Waals surface area contributed by atoms with Crippen molar-refractivity contribution in [2.45, 2.75) is 0 Å². The first-order chi connectivity index (χ1) is 13.2. The fraction of sp³-hybridized carbons (Fsp3) is 0.0870. The van der Waals surface area contributed by atoms with E-state index < -0.39 is 0 Å². The van der Waals surface area contributed by atoms with Crippen molar-refractivity contribution in [3.8, 4) is 28.4 Å². The van der Waals surface area contributed by atoms with Gasteiger partial charge in [-0.15, -0.1) is 0 Å². The molecule has 1 heterocycles. The van der Waals surface area contributed by atoms with Crippen LogP contribution in [-0.2, 0) is 0 Å². The second-order valence-electron chi connectivity index (χ2n) is 6.12. The number of benzene rings is 3. The van der Waals surface area contributed by atoms with Crippen LogP contribution in [0.1, 0.15) is 15.9 Å². The molecule has 0 amide bonds. The molecule has 0 atom stereocenters. The molecule has 0 radical (unpaired) electrons. The van der Waals surface area contributed by atoms with E-state index in [1.807, 2.05) is 66.7 Å². The van der Waals surface area contributed by atoms with Crippen LogP contribution in [0.15, 0.2) is 72.8 Å². The lowest BCUT2D eigenvalue weighted by molar-refractivity contribution is 0.104. The average molecular weight is 358 g/mol. The highest BCUT2D eigenvalue weighted by atomic mass is 16.7. The van der Waals surface area contributed by atoms with Crippen molar-refractivity contribution in [3.05, 3.63) is 83.9 Å². The molecule has 0 fully saturated rings. The topological polar surface area (TPSA) is 44.8 Å². The van der Waals surface area contributed by atoms with Gasteiger partial charge in [-0.25, -0.2) is 0 Å². The predicted molar refractivity (Wildman–Crippen MR) is 104 cm³/mol. The number of methoxy groups -OCH3 is 1. The summed E-state index contributed by atoms with van der Waals surface area (Å²) in [4.78, 5) is 12.4. The van der Waals surface area contributed by atoms with Crippen LogP contribution in [0.4, 0.5) is 0 Å². The van der Waals surface area contributed by atoms with Crippen molar-refractivity contribution in [2.75, 3.05) is 13.9 Å². The molecule has 3 aromatic rings. The molecule has 0 saturated carbocycles. The smallest absolute Gasteiger partial charge is 0.231 e. The molecule has 0 aromatic heterocycles. The maximum absolute atomic E-state index is 12.4. The summed E-state index contributed by atoms with van der Waals surface area (Å²) in [5.74, 6) is 2.20. The lowest BCUT2D eigenvalue weighted by Crippen LogP contribution is -1.94. The van der Waals surface area contributed by atoms with Gasteiger partial charge in [-0.3, -0.25) is 4.79 Å². The third-order valence-electron chi connectivity index (χ3n) is 4.42. The van der Waals surface area contributed by atoms with E-state index in [0.717, 1.165) is 28.2 Å². The predicted octanol–water partition coefficient (Wildman–Crippen LogP) is 4.99. The summed E-state index contributed by atoms with van der Waals surface area (Å²) < 4.78 is 15.8. The lowest BCUT2D eigenvalue weighted by Gasteiger charge is -2.04. The Labute approximate surface area is 157 Å². The van der Waals surface area contributed by atoms with E-state index in [2.05, 4.69) is 0 Å². The monoisotopic (exact) mass is 358 g/mol. The Bertz CT molecular complexity index is 986. The van der Waals surface area contributed by atoms with Gasteiger partial charge in [0.05, 0.1) is 7.11 Å². The number of ether oxygens (including phenoxy) is 3. The van der Waals surface area contributed by atoms with Crippen molar-refractivity contribution in [3.63, 3.8) is 0 Å². The first kappa shape index (κ1) is 16.9. The Hall–Kier alpha value is -3.53. The zero-order valence-electron chi connectivity index (χ0n) is 14.8. The van der Waals surface area contributed by atoms with Gasteiger partial charge in [0.2, 0.25) is 6.79 Å². The maximum Gasteiger partial charge on any atom is 0.231 e. The van der Waals surface area contributed by atoms with Crippen LogP contribution in [0, 0.1) is 0 Å². The van der Waals surface area contributed by atoms with Crippen LogP contribution in [0.5, 0.6) is 17.2 Å². The zero-order chi connectivity index (χ0) is 18.6. The molecule has 0 N–H and O–H groups in total. The molecule has 0 unspecified atom stereocenters. The minimum absolute atomic E-state index is 0.0473. The Morgan fingerprint density at radius 3 is 2.26 bits per heavy atom. The molecule has 0 saturated heterocycles. The largest absolute Gasteiger partial charge is 0.497 e. The molecule has 4 rings (SSSR count). The van der Waals surface area contributed by atoms with Gasteiger partial charge in [0.1, 0.15) is 5.75 Å². The quantitative estimate of drug-likeness (QED) is 0.476. The van der Waals surface area contributed by atoms with Gasteiger partial charge in [-0.2, -0.15) is 0 Å². The number of rotatable bonds is 5. The standard InChI is InChI=1S/C23H18O4/c1-25-20-10-8-18(9-11-20)17-4-6-19(7-5-17)21(24)12-2-16-3-13-22-23(14-16)27-15-26-22/h2-14H,15H2,1H3/b12-2+. The number of carbonyl (C=O) groups is 1. The molecule has 4 nitrogen and oxygen atoms in total. The Balaban J connectivity index is 1.47. The Kier molecular flexibility index (Phi) is 4.62. The first-order valence-electron chi connectivity index (χ1n) is 8.59. The number of ketones is 1. The highest BCUT2D eigenvalue weighted by Gasteiger charge is 2.12. The molecular weight excluding hydrogens is 340 g/mol. The highest BCUT2D eigenvalue weighted by Crippen LogP contribution is 2.32. The molecule has 4 heteroatoms. The van der Waals surface area contributed by atoms with Gasteiger partial charge in [0, 0.05) is 5.56 Å². The van der Waals surface area contributed by atoms with Crippen LogP contribution in [0.2, 0.25) is 0 Å². The molecule has 1 aliphatic heterocycles. The normalized spacial score (nSPS) is 12.3. The van der Waals surface area contributed by atoms with Crippen LogP contribution in [0.25, 0.3) is 17.2 Å². The van der Waals surface area contributed by atoms with Crippen molar-refractivity contribution in [2.24, 2.45) is 0 Å². The van der Waals surface area contributed by atoms with Crippen molar-refractivity contribution >= 4 is 11.9 Å². The molecule has 0 aliphatic carbocycles. The average Bonchev–Trinajstić information content (AvgIpc) is 3.20. The van der Waals surface area contributed by atoms with E-state index in [1.54, 1.807) is 19.3 Å². The van der Waals surface area contributed by atoms with E-state index in [9.17, 15) is 4.79 Å². The van der Waals surface area contributed by atoms with Crippen LogP contribution >= 0.6 is 0 Å². The van der Waals surface area contributed by atoms with Crippen LogP contribution in [-0.4, -0.2) is 19.7 Å². The molecule has 3 aromatic carbocycles. The second-order valence-corrected chi connectivity index (χ2v) is 6.12. The van der Waals surface area contributed by atoms with E-state index in [4.69, 9.17) is 14.2 Å². The molecule has 0 bridgehead atoms. The summed E-state index contributed by atoms with van der Waals surface area (Å²) in [5, 5.41) is 0. The minimum atomic E-state index is -0.0473. The molecule has 1 aliphatic rings. The van der Waals surface area contributed by atoms with Gasteiger partial charge in [0.25, 0.3) is 0 Å². The van der Waals surface area contributed by atoms with Crippen LogP contribution < -0.4 is 14.2 Å². The molecule has 27 heavy (non-hydrogen) atoms. The molecule has 0 spiro atoms. The van der Waals surface area contributed by atoms with Gasteiger partial charge < -0.3 is 14.2 Å². The van der Waals surface area contributed by atoms with E-state index >= 15 is 0 Å². The number of hydrogen-bond acceptors (Lipinski definition) is 4. The van der Waals surface area contributed by atoms with E-state index in [1.165, 1.54) is 0 Å². The Morgan fingerprint density at radius 2 is 1.56 bits per heavy atom. The van der Waals surface area contributed by atoms with Gasteiger partial charge >= 0.3 is 0 Å². The third-order valence-corrected chi connectivity index (χ3v) is 4.42.